The van der Waals surface area contributed by atoms with Crippen LogP contribution in [0.2, 0.25) is 0 Å². The minimum absolute atomic E-state index is 0.00706. The Morgan fingerprint density at radius 1 is 1.03 bits per heavy atom. The molecule has 0 bridgehead atoms. The van der Waals surface area contributed by atoms with E-state index < -0.39 is 0 Å². The van der Waals surface area contributed by atoms with E-state index in [0.717, 1.165) is 26.4 Å². The van der Waals surface area contributed by atoms with Crippen LogP contribution in [0.5, 0.6) is 0 Å². The summed E-state index contributed by atoms with van der Waals surface area (Å²) in [6, 6.07) is 17.0. The first-order valence-corrected chi connectivity index (χ1v) is 10.8. The molecule has 0 saturated heterocycles. The summed E-state index contributed by atoms with van der Waals surface area (Å²) < 4.78 is 0. The summed E-state index contributed by atoms with van der Waals surface area (Å²) in [7, 11) is 0. The largest absolute Gasteiger partial charge is 0.326 e. The van der Waals surface area contributed by atoms with Crippen LogP contribution >= 0.6 is 23.1 Å². The summed E-state index contributed by atoms with van der Waals surface area (Å²) in [5, 5.41) is 6.57. The highest BCUT2D eigenvalue weighted by Gasteiger charge is 2.15. The summed E-state index contributed by atoms with van der Waals surface area (Å²) in [6.07, 6.45) is 1.54. The van der Waals surface area contributed by atoms with Crippen molar-refractivity contribution < 1.29 is 9.59 Å². The number of hydrogen-bond acceptors (Lipinski definition) is 6. The van der Waals surface area contributed by atoms with Crippen molar-refractivity contribution in [1.82, 2.24) is 9.97 Å². The molecule has 0 unspecified atom stereocenters. The van der Waals surface area contributed by atoms with Crippen molar-refractivity contribution in [3.05, 3.63) is 71.9 Å². The molecule has 7 heteroatoms. The van der Waals surface area contributed by atoms with Gasteiger partial charge in [-0.25, -0.2) is 9.97 Å². The monoisotopic (exact) mass is 419 g/mol. The van der Waals surface area contributed by atoms with E-state index in [0.29, 0.717) is 11.3 Å². The molecular formula is C22H17N3O2S2. The maximum absolute atomic E-state index is 12.6. The number of aromatic nitrogens is 2. The highest BCUT2D eigenvalue weighted by molar-refractivity contribution is 8.00. The average Bonchev–Trinajstić information content (AvgIpc) is 3.17. The number of benzene rings is 2. The summed E-state index contributed by atoms with van der Waals surface area (Å²) in [6.45, 7) is 1.45. The number of rotatable bonds is 6. The van der Waals surface area contributed by atoms with Crippen molar-refractivity contribution in [3.63, 3.8) is 0 Å². The molecule has 29 heavy (non-hydrogen) atoms. The lowest BCUT2D eigenvalue weighted by molar-refractivity contribution is -0.114. The quantitative estimate of drug-likeness (QED) is 0.261. The fourth-order valence-electron chi connectivity index (χ4n) is 2.95. The van der Waals surface area contributed by atoms with E-state index in [4.69, 9.17) is 0 Å². The molecule has 0 saturated carbocycles. The molecule has 0 radical (unpaired) electrons. The first kappa shape index (κ1) is 19.3. The zero-order valence-corrected chi connectivity index (χ0v) is 17.2. The van der Waals surface area contributed by atoms with Crippen molar-refractivity contribution in [2.45, 2.75) is 11.9 Å². The molecule has 0 spiro atoms. The minimum atomic E-state index is -0.141. The van der Waals surface area contributed by atoms with Crippen LogP contribution in [0.25, 0.3) is 21.3 Å². The molecule has 0 aliphatic heterocycles. The third-order valence-corrected chi connectivity index (χ3v) is 6.16. The van der Waals surface area contributed by atoms with Gasteiger partial charge < -0.3 is 5.32 Å². The molecule has 5 nitrogen and oxygen atoms in total. The number of ketones is 1. The second-order valence-corrected chi connectivity index (χ2v) is 8.17. The third kappa shape index (κ3) is 4.36. The molecule has 1 N–H and O–H groups in total. The minimum Gasteiger partial charge on any atom is -0.326 e. The zero-order chi connectivity index (χ0) is 20.2. The number of fused-ring (bicyclic) bond motifs is 1. The summed E-state index contributed by atoms with van der Waals surface area (Å²) in [4.78, 5) is 33.5. The summed E-state index contributed by atoms with van der Waals surface area (Å²) in [5.74, 6) is 0.139. The van der Waals surface area contributed by atoms with Crippen LogP contribution in [-0.4, -0.2) is 27.4 Å². The average molecular weight is 420 g/mol. The Balaban J connectivity index is 1.55. The molecule has 4 rings (SSSR count). The number of hydrogen-bond donors (Lipinski definition) is 1. The number of Topliss-reactive ketones (excluding diaryl/α,β-unsaturated/α-hetero) is 1. The molecule has 4 aromatic rings. The number of nitrogens with zero attached hydrogens (tertiary/aromatic N) is 2. The van der Waals surface area contributed by atoms with E-state index in [-0.39, 0.29) is 17.4 Å². The zero-order valence-electron chi connectivity index (χ0n) is 15.6. The lowest BCUT2D eigenvalue weighted by Gasteiger charge is -2.06. The fourth-order valence-corrected chi connectivity index (χ4v) is 4.83. The first-order valence-electron chi connectivity index (χ1n) is 8.93. The van der Waals surface area contributed by atoms with E-state index in [1.54, 1.807) is 41.9 Å². The number of carbonyl (C=O) groups excluding carboxylic acids is 2. The van der Waals surface area contributed by atoms with Gasteiger partial charge in [0.25, 0.3) is 0 Å². The Bertz CT molecular complexity index is 1170. The molecule has 0 aliphatic carbocycles. The highest BCUT2D eigenvalue weighted by Crippen LogP contribution is 2.37. The van der Waals surface area contributed by atoms with E-state index in [1.807, 2.05) is 18.2 Å². The molecule has 2 aromatic carbocycles. The number of thioether (sulfide) groups is 1. The lowest BCUT2D eigenvalue weighted by atomic mass is 10.1. The van der Waals surface area contributed by atoms with Crippen LogP contribution in [0.1, 0.15) is 17.3 Å². The Morgan fingerprint density at radius 2 is 1.79 bits per heavy atom. The Kier molecular flexibility index (Phi) is 5.69. The highest BCUT2D eigenvalue weighted by atomic mass is 32.2. The standard InChI is InChI=1S/C22H17N3O2S2/c1-14(26)25-17-9-7-16(8-10-17)19(27)12-29-22-20-18(15-5-3-2-4-6-15)11-28-21(20)23-13-24-22/h2-11,13H,12H2,1H3,(H,25,26). The molecule has 2 aromatic heterocycles. The van der Waals surface area contributed by atoms with Crippen LogP contribution in [0.15, 0.2) is 71.3 Å². The summed E-state index contributed by atoms with van der Waals surface area (Å²) in [5.41, 5.74) is 3.46. The van der Waals surface area contributed by atoms with E-state index >= 15 is 0 Å². The molecule has 0 fully saturated rings. The number of carbonyl (C=O) groups is 2. The molecule has 0 atom stereocenters. The second kappa shape index (κ2) is 8.55. The van der Waals surface area contributed by atoms with Gasteiger partial charge in [-0.15, -0.1) is 11.3 Å². The van der Waals surface area contributed by atoms with Gasteiger partial charge in [-0.2, -0.15) is 0 Å². The first-order chi connectivity index (χ1) is 14.1. The third-order valence-electron chi connectivity index (χ3n) is 4.29. The number of amides is 1. The van der Waals surface area contributed by atoms with Crippen LogP contribution in [0.3, 0.4) is 0 Å². The van der Waals surface area contributed by atoms with E-state index in [2.05, 4.69) is 32.8 Å². The van der Waals surface area contributed by atoms with Crippen molar-refractivity contribution >= 4 is 50.7 Å². The van der Waals surface area contributed by atoms with Crippen LogP contribution < -0.4 is 5.32 Å². The van der Waals surface area contributed by atoms with Gasteiger partial charge in [-0.3, -0.25) is 9.59 Å². The predicted octanol–water partition coefficient (Wildman–Crippen LogP) is 5.29. The van der Waals surface area contributed by atoms with E-state index in [9.17, 15) is 9.59 Å². The molecule has 0 aliphatic rings. The van der Waals surface area contributed by atoms with Gasteiger partial charge in [0.05, 0.1) is 11.1 Å². The normalized spacial score (nSPS) is 10.8. The van der Waals surface area contributed by atoms with Crippen molar-refractivity contribution in [3.8, 4) is 11.1 Å². The van der Waals surface area contributed by atoms with Crippen molar-refractivity contribution in [2.75, 3.05) is 11.1 Å². The maximum Gasteiger partial charge on any atom is 0.221 e. The SMILES string of the molecule is CC(=O)Nc1ccc(C(=O)CSc2ncnc3scc(-c4ccccc4)c23)cc1. The number of thiophene rings is 1. The summed E-state index contributed by atoms with van der Waals surface area (Å²) >= 11 is 2.99. The second-order valence-electron chi connectivity index (χ2n) is 6.34. The fraction of sp³-hybridized carbons (Fsp3) is 0.0909. The Morgan fingerprint density at radius 3 is 2.52 bits per heavy atom. The van der Waals surface area contributed by atoms with Crippen molar-refractivity contribution in [2.24, 2.45) is 0 Å². The molecule has 1 amide bonds. The smallest absolute Gasteiger partial charge is 0.221 e. The molecule has 144 valence electrons. The van der Waals surface area contributed by atoms with Gasteiger partial charge in [0.15, 0.2) is 5.78 Å². The van der Waals surface area contributed by atoms with E-state index in [1.165, 1.54) is 18.7 Å². The van der Waals surface area contributed by atoms with Gasteiger partial charge in [0, 0.05) is 29.1 Å². The Labute approximate surface area is 176 Å². The van der Waals surface area contributed by atoms with Crippen LogP contribution in [0, 0.1) is 0 Å². The van der Waals surface area contributed by atoms with Crippen LogP contribution in [0.4, 0.5) is 5.69 Å². The molecule has 2 heterocycles. The van der Waals surface area contributed by atoms with Crippen molar-refractivity contribution in [1.29, 1.82) is 0 Å². The number of anilines is 1. The van der Waals surface area contributed by atoms with Crippen LogP contribution in [-0.2, 0) is 4.79 Å². The maximum atomic E-state index is 12.6. The number of nitrogens with one attached hydrogen (secondary N) is 1. The van der Waals surface area contributed by atoms with Gasteiger partial charge in [-0.1, -0.05) is 42.1 Å². The van der Waals surface area contributed by atoms with Gasteiger partial charge >= 0.3 is 0 Å². The lowest BCUT2D eigenvalue weighted by Crippen LogP contribution is -2.07. The Hall–Kier alpha value is -3.03. The topological polar surface area (TPSA) is 72.0 Å². The van der Waals surface area contributed by atoms with Gasteiger partial charge in [-0.05, 0) is 29.8 Å². The van der Waals surface area contributed by atoms with Gasteiger partial charge in [0.1, 0.15) is 16.2 Å². The predicted molar refractivity (Wildman–Crippen MR) is 119 cm³/mol. The van der Waals surface area contributed by atoms with Gasteiger partial charge in [0.2, 0.25) is 5.91 Å². The molecular weight excluding hydrogens is 402 g/mol.